The molecule has 1 fully saturated rings. The molecule has 1 amide bonds. The van der Waals surface area contributed by atoms with Gasteiger partial charge in [-0.25, -0.2) is 0 Å². The van der Waals surface area contributed by atoms with E-state index in [1.165, 1.54) is 5.69 Å². The Morgan fingerprint density at radius 2 is 1.83 bits per heavy atom. The van der Waals surface area contributed by atoms with Crippen LogP contribution in [0.5, 0.6) is 0 Å². The van der Waals surface area contributed by atoms with Gasteiger partial charge in [-0.15, -0.1) is 0 Å². The van der Waals surface area contributed by atoms with Crippen LogP contribution in [-0.4, -0.2) is 48.5 Å². The zero-order valence-electron chi connectivity index (χ0n) is 13.2. The molecule has 3 rings (SSSR count). The highest BCUT2D eigenvalue weighted by atomic mass is 16.1. The first-order valence-electron chi connectivity index (χ1n) is 8.03. The molecule has 0 bridgehead atoms. The van der Waals surface area contributed by atoms with Gasteiger partial charge in [0.2, 0.25) is 5.91 Å². The van der Waals surface area contributed by atoms with Crippen molar-refractivity contribution in [1.82, 2.24) is 9.88 Å². The van der Waals surface area contributed by atoms with Crippen molar-refractivity contribution in [3.63, 3.8) is 0 Å². The van der Waals surface area contributed by atoms with Gasteiger partial charge in [-0.3, -0.25) is 14.7 Å². The highest BCUT2D eigenvalue weighted by Crippen LogP contribution is 2.15. The molecule has 1 aliphatic rings. The summed E-state index contributed by atoms with van der Waals surface area (Å²) in [6.45, 7) is 4.81. The lowest BCUT2D eigenvalue weighted by Gasteiger charge is -2.36. The summed E-state index contributed by atoms with van der Waals surface area (Å²) in [6, 6.07) is 14.2. The molecule has 120 valence electrons. The molecule has 2 heterocycles. The number of nitrogens with zero attached hydrogens (tertiary/aromatic N) is 3. The number of hydrogen-bond donors (Lipinski definition) is 1. The van der Waals surface area contributed by atoms with Crippen LogP contribution in [0.3, 0.4) is 0 Å². The predicted octanol–water partition coefficient (Wildman–Crippen LogP) is 2.23. The number of rotatable bonds is 5. The van der Waals surface area contributed by atoms with Gasteiger partial charge in [0.05, 0.1) is 11.9 Å². The van der Waals surface area contributed by atoms with E-state index in [1.807, 2.05) is 18.2 Å². The number of para-hydroxylation sites is 1. The average Bonchev–Trinajstić information content (AvgIpc) is 2.62. The van der Waals surface area contributed by atoms with E-state index in [0.717, 1.165) is 38.4 Å². The van der Waals surface area contributed by atoms with Crippen molar-refractivity contribution < 1.29 is 4.79 Å². The van der Waals surface area contributed by atoms with Crippen LogP contribution in [0.15, 0.2) is 54.9 Å². The minimum atomic E-state index is 0.0449. The third-order valence-corrected chi connectivity index (χ3v) is 4.09. The van der Waals surface area contributed by atoms with Crippen LogP contribution >= 0.6 is 0 Å². The normalized spacial score (nSPS) is 15.4. The molecule has 1 saturated heterocycles. The third-order valence-electron chi connectivity index (χ3n) is 4.09. The molecule has 0 radical (unpaired) electrons. The Morgan fingerprint density at radius 1 is 1.04 bits per heavy atom. The summed E-state index contributed by atoms with van der Waals surface area (Å²) >= 11 is 0. The van der Waals surface area contributed by atoms with Gasteiger partial charge in [-0.2, -0.15) is 0 Å². The van der Waals surface area contributed by atoms with Crippen molar-refractivity contribution in [2.75, 3.05) is 42.9 Å². The van der Waals surface area contributed by atoms with E-state index >= 15 is 0 Å². The number of benzene rings is 1. The molecule has 0 aliphatic carbocycles. The molecule has 23 heavy (non-hydrogen) atoms. The number of hydrogen-bond acceptors (Lipinski definition) is 4. The smallest absolute Gasteiger partial charge is 0.225 e. The van der Waals surface area contributed by atoms with E-state index in [2.05, 4.69) is 44.4 Å². The fraction of sp³-hybridized carbons (Fsp3) is 0.333. The van der Waals surface area contributed by atoms with E-state index < -0.39 is 0 Å². The molecule has 0 saturated carbocycles. The third kappa shape index (κ3) is 4.53. The van der Waals surface area contributed by atoms with Crippen LogP contribution in [0.1, 0.15) is 6.42 Å². The van der Waals surface area contributed by atoms with E-state index in [9.17, 15) is 4.79 Å². The standard InChI is InChI=1S/C18H22N4O/c23-18(20-16-5-4-9-19-15-16)8-10-21-11-13-22(14-12-21)17-6-2-1-3-7-17/h1-7,9,15H,8,10-14H2,(H,20,23). The van der Waals surface area contributed by atoms with Crippen molar-refractivity contribution in [3.05, 3.63) is 54.9 Å². The van der Waals surface area contributed by atoms with E-state index in [-0.39, 0.29) is 5.91 Å². The van der Waals surface area contributed by atoms with Crippen LogP contribution in [0, 0.1) is 0 Å². The molecule has 2 aromatic rings. The lowest BCUT2D eigenvalue weighted by molar-refractivity contribution is -0.116. The van der Waals surface area contributed by atoms with Gasteiger partial charge >= 0.3 is 0 Å². The van der Waals surface area contributed by atoms with E-state index in [4.69, 9.17) is 0 Å². The number of aromatic nitrogens is 1. The fourth-order valence-electron chi connectivity index (χ4n) is 2.79. The van der Waals surface area contributed by atoms with Crippen molar-refractivity contribution in [2.45, 2.75) is 6.42 Å². The highest BCUT2D eigenvalue weighted by Gasteiger charge is 2.17. The number of anilines is 2. The molecule has 0 spiro atoms. The molecule has 1 N–H and O–H groups in total. The summed E-state index contributed by atoms with van der Waals surface area (Å²) in [5.74, 6) is 0.0449. The summed E-state index contributed by atoms with van der Waals surface area (Å²) in [5.41, 5.74) is 2.04. The summed E-state index contributed by atoms with van der Waals surface area (Å²) in [7, 11) is 0. The summed E-state index contributed by atoms with van der Waals surface area (Å²) < 4.78 is 0. The Hall–Kier alpha value is -2.40. The lowest BCUT2D eigenvalue weighted by atomic mass is 10.2. The molecule has 1 aromatic heterocycles. The molecule has 0 atom stereocenters. The molecule has 1 aliphatic heterocycles. The monoisotopic (exact) mass is 310 g/mol. The minimum Gasteiger partial charge on any atom is -0.369 e. The first-order valence-corrected chi connectivity index (χ1v) is 8.03. The largest absolute Gasteiger partial charge is 0.369 e. The van der Waals surface area contributed by atoms with E-state index in [1.54, 1.807) is 12.4 Å². The molecule has 1 aromatic carbocycles. The first-order chi connectivity index (χ1) is 11.3. The minimum absolute atomic E-state index is 0.0449. The quantitative estimate of drug-likeness (QED) is 0.920. The van der Waals surface area contributed by atoms with Gasteiger partial charge in [0.15, 0.2) is 0 Å². The van der Waals surface area contributed by atoms with Gasteiger partial charge in [0.25, 0.3) is 0 Å². The second-order valence-electron chi connectivity index (χ2n) is 5.70. The average molecular weight is 310 g/mol. The van der Waals surface area contributed by atoms with Gasteiger partial charge in [0.1, 0.15) is 0 Å². The Balaban J connectivity index is 1.40. The maximum Gasteiger partial charge on any atom is 0.225 e. The van der Waals surface area contributed by atoms with Gasteiger partial charge < -0.3 is 10.2 Å². The Labute approximate surface area is 136 Å². The lowest BCUT2D eigenvalue weighted by Crippen LogP contribution is -2.47. The van der Waals surface area contributed by atoms with Crippen LogP contribution in [0.4, 0.5) is 11.4 Å². The van der Waals surface area contributed by atoms with Crippen molar-refractivity contribution in [2.24, 2.45) is 0 Å². The second-order valence-corrected chi connectivity index (χ2v) is 5.70. The Bertz CT molecular complexity index is 609. The van der Waals surface area contributed by atoms with Gasteiger partial charge in [-0.1, -0.05) is 18.2 Å². The summed E-state index contributed by atoms with van der Waals surface area (Å²) in [5, 5.41) is 2.88. The van der Waals surface area contributed by atoms with E-state index in [0.29, 0.717) is 6.42 Å². The SMILES string of the molecule is O=C(CCN1CCN(c2ccccc2)CC1)Nc1cccnc1. The second kappa shape index (κ2) is 7.74. The molecule has 0 unspecified atom stereocenters. The Kier molecular flexibility index (Phi) is 5.21. The number of amides is 1. The maximum atomic E-state index is 12.0. The fourth-order valence-corrected chi connectivity index (χ4v) is 2.79. The van der Waals surface area contributed by atoms with Crippen LogP contribution in [-0.2, 0) is 4.79 Å². The maximum absolute atomic E-state index is 12.0. The van der Waals surface area contributed by atoms with Crippen LogP contribution in [0.25, 0.3) is 0 Å². The number of carbonyl (C=O) groups excluding carboxylic acids is 1. The van der Waals surface area contributed by atoms with Crippen molar-refractivity contribution in [1.29, 1.82) is 0 Å². The first kappa shape index (κ1) is 15.5. The summed E-state index contributed by atoms with van der Waals surface area (Å²) in [6.07, 6.45) is 3.87. The van der Waals surface area contributed by atoms with Gasteiger partial charge in [0, 0.05) is 51.0 Å². The topological polar surface area (TPSA) is 48.5 Å². The Morgan fingerprint density at radius 3 is 2.52 bits per heavy atom. The predicted molar refractivity (Wildman–Crippen MR) is 92.6 cm³/mol. The summed E-state index contributed by atoms with van der Waals surface area (Å²) in [4.78, 5) is 20.7. The van der Waals surface area contributed by atoms with Crippen LogP contribution < -0.4 is 10.2 Å². The van der Waals surface area contributed by atoms with Crippen LogP contribution in [0.2, 0.25) is 0 Å². The molecule has 5 heteroatoms. The highest BCUT2D eigenvalue weighted by molar-refractivity contribution is 5.90. The zero-order chi connectivity index (χ0) is 15.9. The molecular weight excluding hydrogens is 288 g/mol. The number of piperazine rings is 1. The van der Waals surface area contributed by atoms with Gasteiger partial charge in [-0.05, 0) is 24.3 Å². The molecular formula is C18H22N4O. The zero-order valence-corrected chi connectivity index (χ0v) is 13.2. The number of pyridine rings is 1. The van der Waals surface area contributed by atoms with Crippen molar-refractivity contribution >= 4 is 17.3 Å². The number of nitrogens with one attached hydrogen (secondary N) is 1. The molecule has 5 nitrogen and oxygen atoms in total. The number of carbonyl (C=O) groups is 1. The van der Waals surface area contributed by atoms with Crippen molar-refractivity contribution in [3.8, 4) is 0 Å².